The van der Waals surface area contributed by atoms with Gasteiger partial charge < -0.3 is 4.90 Å². The summed E-state index contributed by atoms with van der Waals surface area (Å²) in [5, 5.41) is 5.65. The van der Waals surface area contributed by atoms with E-state index in [4.69, 9.17) is 0 Å². The quantitative estimate of drug-likeness (QED) is 0.557. The highest BCUT2D eigenvalue weighted by molar-refractivity contribution is 7.89. The number of aromatic nitrogens is 2. The predicted octanol–water partition coefficient (Wildman–Crippen LogP) is 0.722. The first-order valence-corrected chi connectivity index (χ1v) is 11.0. The van der Waals surface area contributed by atoms with Crippen molar-refractivity contribution >= 4 is 20.8 Å². The molecule has 3 rings (SSSR count). The number of aryl methyl sites for hydroxylation is 2. The maximum atomic E-state index is 12.9. The lowest BCUT2D eigenvalue weighted by atomic mass is 10.0. The standard InChI is InChI=1S/C21H26N4O3S/c1-15-10-11-16(14-19(15)29(27,28)22-12-7-13-24(2)3)20-17-8-5-6-9-18(17)21(26)25(4)23-20/h5-6,8-11,14,22H,7,12-13H2,1-4H3/p+1. The molecule has 0 aliphatic rings. The van der Waals surface area contributed by atoms with Gasteiger partial charge in [0.2, 0.25) is 10.0 Å². The van der Waals surface area contributed by atoms with Gasteiger partial charge in [-0.3, -0.25) is 4.79 Å². The second-order valence-electron chi connectivity index (χ2n) is 7.51. The molecule has 0 amide bonds. The van der Waals surface area contributed by atoms with E-state index >= 15 is 0 Å². The van der Waals surface area contributed by atoms with Crippen LogP contribution in [-0.2, 0) is 17.1 Å². The van der Waals surface area contributed by atoms with Gasteiger partial charge in [0, 0.05) is 31.0 Å². The molecule has 0 saturated heterocycles. The van der Waals surface area contributed by atoms with Crippen molar-refractivity contribution in [2.24, 2.45) is 7.05 Å². The highest BCUT2D eigenvalue weighted by Gasteiger charge is 2.19. The molecule has 2 aromatic carbocycles. The van der Waals surface area contributed by atoms with Gasteiger partial charge in [0.1, 0.15) is 0 Å². The maximum Gasteiger partial charge on any atom is 0.274 e. The van der Waals surface area contributed by atoms with E-state index in [1.165, 1.54) is 9.58 Å². The summed E-state index contributed by atoms with van der Waals surface area (Å²) in [7, 11) is 2.02. The number of quaternary nitrogens is 1. The zero-order valence-corrected chi connectivity index (χ0v) is 18.0. The van der Waals surface area contributed by atoms with Crippen molar-refractivity contribution in [3.63, 3.8) is 0 Å². The Morgan fingerprint density at radius 1 is 1.10 bits per heavy atom. The molecule has 7 nitrogen and oxygen atoms in total. The fraction of sp³-hybridized carbons (Fsp3) is 0.333. The summed E-state index contributed by atoms with van der Waals surface area (Å²) in [6, 6.07) is 12.5. The average molecular weight is 416 g/mol. The number of hydrogen-bond acceptors (Lipinski definition) is 4. The molecule has 0 atom stereocenters. The number of sulfonamides is 1. The van der Waals surface area contributed by atoms with E-state index in [-0.39, 0.29) is 10.5 Å². The Hall–Kier alpha value is -2.55. The lowest BCUT2D eigenvalue weighted by Crippen LogP contribution is -3.05. The first kappa shape index (κ1) is 21.2. The monoisotopic (exact) mass is 415 g/mol. The Bertz CT molecular complexity index is 1200. The van der Waals surface area contributed by atoms with E-state index in [1.54, 1.807) is 38.2 Å². The summed E-state index contributed by atoms with van der Waals surface area (Å²) in [5.41, 5.74) is 1.71. The summed E-state index contributed by atoms with van der Waals surface area (Å²) in [4.78, 5) is 13.9. The largest absolute Gasteiger partial charge is 0.340 e. The van der Waals surface area contributed by atoms with Gasteiger partial charge in [-0.2, -0.15) is 5.10 Å². The number of nitrogens with one attached hydrogen (secondary N) is 2. The molecular formula is C21H27N4O3S+. The van der Waals surface area contributed by atoms with Crippen molar-refractivity contribution in [1.29, 1.82) is 0 Å². The first-order chi connectivity index (χ1) is 13.7. The molecule has 1 aromatic heterocycles. The van der Waals surface area contributed by atoms with Crippen LogP contribution in [0.15, 0.2) is 52.2 Å². The van der Waals surface area contributed by atoms with Crippen LogP contribution in [0, 0.1) is 6.92 Å². The van der Waals surface area contributed by atoms with E-state index in [0.717, 1.165) is 13.0 Å². The molecule has 1 heterocycles. The van der Waals surface area contributed by atoms with Gasteiger partial charge >= 0.3 is 0 Å². The van der Waals surface area contributed by atoms with Crippen LogP contribution in [-0.4, -0.2) is 45.4 Å². The second kappa shape index (κ2) is 8.44. The Balaban J connectivity index is 2.04. The molecule has 154 valence electrons. The molecule has 0 radical (unpaired) electrons. The maximum absolute atomic E-state index is 12.9. The highest BCUT2D eigenvalue weighted by atomic mass is 32.2. The van der Waals surface area contributed by atoms with Crippen molar-refractivity contribution in [2.75, 3.05) is 27.2 Å². The van der Waals surface area contributed by atoms with Gasteiger partial charge in [-0.15, -0.1) is 0 Å². The Morgan fingerprint density at radius 3 is 2.48 bits per heavy atom. The molecule has 0 aliphatic heterocycles. The molecular weight excluding hydrogens is 388 g/mol. The fourth-order valence-corrected chi connectivity index (χ4v) is 4.62. The number of benzene rings is 2. The Labute approximate surface area is 171 Å². The fourth-order valence-electron chi connectivity index (χ4n) is 3.28. The van der Waals surface area contributed by atoms with Gasteiger partial charge in [0.15, 0.2) is 0 Å². The molecule has 0 aliphatic carbocycles. The Kier molecular flexibility index (Phi) is 6.16. The molecule has 0 bridgehead atoms. The van der Waals surface area contributed by atoms with Gasteiger partial charge in [0.25, 0.3) is 5.56 Å². The van der Waals surface area contributed by atoms with E-state index < -0.39 is 10.0 Å². The molecule has 3 aromatic rings. The minimum Gasteiger partial charge on any atom is -0.340 e. The van der Waals surface area contributed by atoms with Gasteiger partial charge in [-0.05, 0) is 24.6 Å². The summed E-state index contributed by atoms with van der Waals surface area (Å²) in [6.45, 7) is 3.04. The van der Waals surface area contributed by atoms with Gasteiger partial charge in [-0.25, -0.2) is 17.8 Å². The second-order valence-corrected chi connectivity index (χ2v) is 9.25. The zero-order chi connectivity index (χ0) is 21.2. The van der Waals surface area contributed by atoms with Gasteiger partial charge in [-0.1, -0.05) is 30.3 Å². The molecule has 29 heavy (non-hydrogen) atoms. The first-order valence-electron chi connectivity index (χ1n) is 9.56. The third-order valence-corrected chi connectivity index (χ3v) is 6.46. The van der Waals surface area contributed by atoms with Crippen LogP contribution in [0.4, 0.5) is 0 Å². The van der Waals surface area contributed by atoms with Crippen LogP contribution < -0.4 is 15.2 Å². The molecule has 0 fully saturated rings. The van der Waals surface area contributed by atoms with Crippen LogP contribution in [0.2, 0.25) is 0 Å². The number of fused-ring (bicyclic) bond motifs is 1. The molecule has 2 N–H and O–H groups in total. The van der Waals surface area contributed by atoms with E-state index in [1.807, 2.05) is 32.3 Å². The third kappa shape index (κ3) is 4.55. The lowest BCUT2D eigenvalue weighted by Gasteiger charge is -2.13. The number of nitrogens with zero attached hydrogens (tertiary/aromatic N) is 2. The topological polar surface area (TPSA) is 85.5 Å². The van der Waals surface area contributed by atoms with Crippen molar-refractivity contribution in [3.8, 4) is 11.3 Å². The van der Waals surface area contributed by atoms with Crippen molar-refractivity contribution < 1.29 is 13.3 Å². The Morgan fingerprint density at radius 2 is 1.79 bits per heavy atom. The summed E-state index contributed by atoms with van der Waals surface area (Å²) < 4.78 is 29.7. The smallest absolute Gasteiger partial charge is 0.274 e. The third-order valence-electron chi connectivity index (χ3n) is 4.85. The minimum atomic E-state index is -3.65. The summed E-state index contributed by atoms with van der Waals surface area (Å²) >= 11 is 0. The van der Waals surface area contributed by atoms with E-state index in [2.05, 4.69) is 9.82 Å². The van der Waals surface area contributed by atoms with Gasteiger partial charge in [0.05, 0.1) is 36.6 Å². The van der Waals surface area contributed by atoms with Crippen LogP contribution in [0.3, 0.4) is 0 Å². The van der Waals surface area contributed by atoms with E-state index in [0.29, 0.717) is 34.1 Å². The van der Waals surface area contributed by atoms with Crippen LogP contribution in [0.25, 0.3) is 22.0 Å². The van der Waals surface area contributed by atoms with Crippen LogP contribution in [0.5, 0.6) is 0 Å². The number of rotatable bonds is 7. The lowest BCUT2D eigenvalue weighted by molar-refractivity contribution is -0.858. The summed E-state index contributed by atoms with van der Waals surface area (Å²) in [6.07, 6.45) is 0.757. The summed E-state index contributed by atoms with van der Waals surface area (Å²) in [5.74, 6) is 0. The average Bonchev–Trinajstić information content (AvgIpc) is 2.68. The normalized spacial score (nSPS) is 12.0. The molecule has 0 saturated carbocycles. The van der Waals surface area contributed by atoms with E-state index in [9.17, 15) is 13.2 Å². The van der Waals surface area contributed by atoms with Crippen molar-refractivity contribution in [2.45, 2.75) is 18.2 Å². The van der Waals surface area contributed by atoms with Crippen LogP contribution >= 0.6 is 0 Å². The highest BCUT2D eigenvalue weighted by Crippen LogP contribution is 2.28. The predicted molar refractivity (Wildman–Crippen MR) is 115 cm³/mol. The van der Waals surface area contributed by atoms with Crippen LogP contribution in [0.1, 0.15) is 12.0 Å². The zero-order valence-electron chi connectivity index (χ0n) is 17.2. The SMILES string of the molecule is Cc1ccc(-c2nn(C)c(=O)c3ccccc23)cc1S(=O)(=O)NCCC[NH+](C)C. The molecule has 0 spiro atoms. The molecule has 8 heteroatoms. The number of hydrogen-bond donors (Lipinski definition) is 2. The minimum absolute atomic E-state index is 0.186. The van der Waals surface area contributed by atoms with Crippen molar-refractivity contribution in [3.05, 3.63) is 58.4 Å². The van der Waals surface area contributed by atoms with Crippen molar-refractivity contribution in [1.82, 2.24) is 14.5 Å². The molecule has 0 unspecified atom stereocenters.